The van der Waals surface area contributed by atoms with Gasteiger partial charge in [-0.05, 0) is 64.7 Å². The second kappa shape index (κ2) is 7.20. The summed E-state index contributed by atoms with van der Waals surface area (Å²) in [6.45, 7) is 2.01. The fraction of sp³-hybridized carbons (Fsp3) is 0.0500. The number of rotatable bonds is 4. The van der Waals surface area contributed by atoms with Crippen molar-refractivity contribution in [2.24, 2.45) is 0 Å². The Morgan fingerprint density at radius 2 is 1.33 bits per heavy atom. The van der Waals surface area contributed by atoms with E-state index >= 15 is 0 Å². The molecule has 3 rings (SSSR count). The zero-order valence-electron chi connectivity index (χ0n) is 13.1. The van der Waals surface area contributed by atoms with Crippen molar-refractivity contribution in [2.75, 3.05) is 5.54 Å². The molecule has 0 saturated carbocycles. The van der Waals surface area contributed by atoms with Crippen LogP contribution in [0.4, 0.5) is 10.2 Å². The molecule has 1 N–H and O–H groups in total. The molecule has 3 aromatic carbocycles. The van der Waals surface area contributed by atoms with Crippen molar-refractivity contribution in [2.45, 2.75) is 11.8 Å². The van der Waals surface area contributed by atoms with Gasteiger partial charge >= 0.3 is 0 Å². The van der Waals surface area contributed by atoms with Crippen LogP contribution in [0.5, 0.6) is 0 Å². The van der Waals surface area contributed by atoms with Crippen molar-refractivity contribution >= 4 is 17.4 Å². The van der Waals surface area contributed by atoms with E-state index in [0.717, 1.165) is 32.7 Å². The lowest BCUT2D eigenvalue weighted by atomic mass is 9.99. The number of hydrogen-bond acceptors (Lipinski definition) is 3. The van der Waals surface area contributed by atoms with E-state index < -0.39 is 0 Å². The van der Waals surface area contributed by atoms with Gasteiger partial charge in [0.15, 0.2) is 0 Å². The van der Waals surface area contributed by atoms with Crippen molar-refractivity contribution in [1.82, 2.24) is 0 Å². The number of hydrogen-bond donors (Lipinski definition) is 1. The van der Waals surface area contributed by atoms with Gasteiger partial charge in [-0.3, -0.25) is 0 Å². The molecule has 0 saturated heterocycles. The second-order valence-electron chi connectivity index (χ2n) is 5.42. The molecule has 0 atom stereocenters. The van der Waals surface area contributed by atoms with Gasteiger partial charge in [0.05, 0.1) is 5.69 Å². The average Bonchev–Trinajstić information content (AvgIpc) is 2.64. The zero-order chi connectivity index (χ0) is 16.9. The Kier molecular flexibility index (Phi) is 4.83. The molecule has 0 amide bonds. The van der Waals surface area contributed by atoms with Crippen LogP contribution in [-0.4, -0.2) is 0 Å². The summed E-state index contributed by atoms with van der Waals surface area (Å²) in [6.07, 6.45) is 0. The summed E-state index contributed by atoms with van der Waals surface area (Å²) in [5, 5.41) is 10.9. The number of benzene rings is 3. The van der Waals surface area contributed by atoms with Crippen molar-refractivity contribution < 1.29 is 4.48 Å². The predicted molar refractivity (Wildman–Crippen MR) is 98.3 cm³/mol. The molecule has 24 heavy (non-hydrogen) atoms. The lowest BCUT2D eigenvalue weighted by Gasteiger charge is -2.08. The van der Waals surface area contributed by atoms with Crippen LogP contribution in [0.1, 0.15) is 5.56 Å². The van der Waals surface area contributed by atoms with Crippen LogP contribution in [0.25, 0.3) is 22.3 Å². The molecule has 0 spiro atoms. The summed E-state index contributed by atoms with van der Waals surface area (Å²) in [6, 6.07) is 21.5. The summed E-state index contributed by atoms with van der Waals surface area (Å²) in [4.78, 5) is 0.986. The predicted octanol–water partition coefficient (Wildman–Crippen LogP) is 6.20. The summed E-state index contributed by atoms with van der Waals surface area (Å²) in [7, 11) is 0. The highest BCUT2D eigenvalue weighted by Gasteiger charge is 2.04. The van der Waals surface area contributed by atoms with Crippen molar-refractivity contribution in [3.63, 3.8) is 0 Å². The minimum atomic E-state index is 0.446. The Bertz CT molecular complexity index is 881. The SMILES string of the molecule is Cc1cc(-c2ccc(-c3ccc(NF)cc3)cc2)ccc1SC#N. The fourth-order valence-electron chi connectivity index (χ4n) is 2.57. The maximum atomic E-state index is 12.3. The number of aryl methyl sites for hydroxylation is 1. The number of halogens is 1. The topological polar surface area (TPSA) is 35.8 Å². The highest BCUT2D eigenvalue weighted by molar-refractivity contribution is 8.03. The van der Waals surface area contributed by atoms with Gasteiger partial charge in [-0.25, -0.2) is 5.54 Å². The summed E-state index contributed by atoms with van der Waals surface area (Å²) >= 11 is 1.18. The van der Waals surface area contributed by atoms with Crippen LogP contribution in [0.2, 0.25) is 0 Å². The molecule has 2 nitrogen and oxygen atoms in total. The van der Waals surface area contributed by atoms with Crippen LogP contribution >= 0.6 is 11.8 Å². The normalized spacial score (nSPS) is 10.2. The molecule has 0 heterocycles. The molecule has 0 aliphatic heterocycles. The largest absolute Gasteiger partial charge is 0.225 e. The van der Waals surface area contributed by atoms with Gasteiger partial charge < -0.3 is 0 Å². The minimum absolute atomic E-state index is 0.446. The molecular weight excluding hydrogens is 319 g/mol. The highest BCUT2D eigenvalue weighted by atomic mass is 32.2. The van der Waals surface area contributed by atoms with Crippen molar-refractivity contribution in [3.8, 4) is 27.7 Å². The van der Waals surface area contributed by atoms with Gasteiger partial charge in [0.1, 0.15) is 5.40 Å². The Hall–Kier alpha value is -2.77. The number of anilines is 1. The summed E-state index contributed by atoms with van der Waals surface area (Å²) in [5.74, 6) is 0. The van der Waals surface area contributed by atoms with Crippen LogP contribution in [-0.2, 0) is 0 Å². The minimum Gasteiger partial charge on any atom is -0.225 e. The van der Waals surface area contributed by atoms with E-state index in [9.17, 15) is 4.48 Å². The maximum absolute atomic E-state index is 12.3. The van der Waals surface area contributed by atoms with Crippen LogP contribution in [0.3, 0.4) is 0 Å². The number of nitriles is 1. The molecule has 3 aromatic rings. The van der Waals surface area contributed by atoms with E-state index in [4.69, 9.17) is 5.26 Å². The first kappa shape index (κ1) is 16.1. The van der Waals surface area contributed by atoms with E-state index in [1.165, 1.54) is 11.8 Å². The Morgan fingerprint density at radius 1 is 0.833 bits per heavy atom. The Balaban J connectivity index is 1.86. The first-order valence-corrected chi connectivity index (χ1v) is 8.27. The lowest BCUT2D eigenvalue weighted by molar-refractivity contribution is 0.618. The molecule has 0 unspecified atom stereocenters. The molecule has 0 bridgehead atoms. The Labute approximate surface area is 144 Å². The number of thiocyanates is 1. The van der Waals surface area contributed by atoms with Crippen molar-refractivity contribution in [1.29, 1.82) is 5.26 Å². The van der Waals surface area contributed by atoms with Gasteiger partial charge in [-0.1, -0.05) is 48.5 Å². The molecule has 4 heteroatoms. The smallest absolute Gasteiger partial charge is 0.138 e. The van der Waals surface area contributed by atoms with Gasteiger partial charge in [-0.2, -0.15) is 5.26 Å². The lowest BCUT2D eigenvalue weighted by Crippen LogP contribution is -1.84. The third-order valence-electron chi connectivity index (χ3n) is 3.88. The maximum Gasteiger partial charge on any atom is 0.138 e. The van der Waals surface area contributed by atoms with E-state index in [2.05, 4.69) is 35.7 Å². The van der Waals surface area contributed by atoms with E-state index in [1.54, 1.807) is 17.7 Å². The molecule has 0 aromatic heterocycles. The monoisotopic (exact) mass is 334 g/mol. The van der Waals surface area contributed by atoms with E-state index in [1.807, 2.05) is 31.2 Å². The molecule has 0 aliphatic rings. The first-order valence-electron chi connectivity index (χ1n) is 7.45. The highest BCUT2D eigenvalue weighted by Crippen LogP contribution is 2.29. The van der Waals surface area contributed by atoms with E-state index in [0.29, 0.717) is 5.69 Å². The van der Waals surface area contributed by atoms with Gasteiger partial charge in [0.25, 0.3) is 0 Å². The molecular formula is C20H15FN2S. The quantitative estimate of drug-likeness (QED) is 0.350. The fourth-order valence-corrected chi connectivity index (χ4v) is 3.03. The number of thioether (sulfide) groups is 1. The zero-order valence-corrected chi connectivity index (χ0v) is 13.9. The van der Waals surface area contributed by atoms with Crippen LogP contribution in [0.15, 0.2) is 71.6 Å². The van der Waals surface area contributed by atoms with Crippen molar-refractivity contribution in [3.05, 3.63) is 72.3 Å². The summed E-state index contributed by atoms with van der Waals surface area (Å²) in [5.41, 5.74) is 7.54. The van der Waals surface area contributed by atoms with Gasteiger partial charge in [0, 0.05) is 4.90 Å². The van der Waals surface area contributed by atoms with Crippen LogP contribution < -0.4 is 5.54 Å². The summed E-state index contributed by atoms with van der Waals surface area (Å²) < 4.78 is 12.3. The molecule has 0 aliphatic carbocycles. The molecule has 0 fully saturated rings. The third-order valence-corrected chi connectivity index (χ3v) is 4.65. The second-order valence-corrected chi connectivity index (χ2v) is 6.25. The Morgan fingerprint density at radius 3 is 1.83 bits per heavy atom. The third kappa shape index (κ3) is 3.42. The standard InChI is InChI=1S/C20H15FN2S/c1-14-12-18(8-11-20(14)24-13-22)17-4-2-15(3-5-17)16-6-9-19(23-21)10-7-16/h2-12,23H,1H3. The molecule has 118 valence electrons. The van der Waals surface area contributed by atoms with E-state index in [-0.39, 0.29) is 0 Å². The van der Waals surface area contributed by atoms with Gasteiger partial charge in [0.2, 0.25) is 0 Å². The average molecular weight is 334 g/mol. The molecule has 0 radical (unpaired) electrons. The number of nitrogens with zero attached hydrogens (tertiary/aromatic N) is 1. The first-order chi connectivity index (χ1) is 11.7. The number of nitrogens with one attached hydrogen (secondary N) is 1. The van der Waals surface area contributed by atoms with Crippen LogP contribution in [0, 0.1) is 17.6 Å². The van der Waals surface area contributed by atoms with Gasteiger partial charge in [-0.15, -0.1) is 4.48 Å².